The molecule has 1 aliphatic heterocycles. The van der Waals surface area contributed by atoms with Gasteiger partial charge in [0.15, 0.2) is 11.5 Å². The number of halogens is 2. The predicted molar refractivity (Wildman–Crippen MR) is 80.7 cm³/mol. The summed E-state index contributed by atoms with van der Waals surface area (Å²) in [6.07, 6.45) is -0.463. The molecule has 1 aliphatic rings. The lowest BCUT2D eigenvalue weighted by atomic mass is 9.99. The monoisotopic (exact) mass is 309 g/mol. The van der Waals surface area contributed by atoms with Gasteiger partial charge in [-0.15, -0.1) is 0 Å². The molecule has 1 unspecified atom stereocenters. The van der Waals surface area contributed by atoms with Crippen LogP contribution < -0.4 is 15.2 Å². The highest BCUT2D eigenvalue weighted by Gasteiger charge is 2.27. The maximum atomic E-state index is 6.16. The van der Waals surface area contributed by atoms with Crippen LogP contribution in [0.25, 0.3) is 11.1 Å². The second kappa shape index (κ2) is 5.17. The average molecular weight is 310 g/mol. The van der Waals surface area contributed by atoms with E-state index in [1.54, 1.807) is 6.07 Å². The lowest BCUT2D eigenvalue weighted by molar-refractivity contribution is 0.0583. The quantitative estimate of drug-likeness (QED) is 0.911. The Morgan fingerprint density at radius 2 is 1.85 bits per heavy atom. The molecule has 5 heteroatoms. The minimum absolute atomic E-state index is 0.283. The second-order valence-electron chi connectivity index (χ2n) is 4.64. The van der Waals surface area contributed by atoms with Gasteiger partial charge in [0.25, 0.3) is 6.29 Å². The fraction of sp³-hybridized carbons (Fsp3) is 0.200. The van der Waals surface area contributed by atoms with Crippen molar-refractivity contribution in [1.82, 2.24) is 0 Å². The van der Waals surface area contributed by atoms with Gasteiger partial charge in [0, 0.05) is 21.7 Å². The maximum absolute atomic E-state index is 6.16. The molecular weight excluding hydrogens is 297 g/mol. The first-order valence-corrected chi connectivity index (χ1v) is 6.97. The van der Waals surface area contributed by atoms with Gasteiger partial charge in [-0.2, -0.15) is 0 Å². The van der Waals surface area contributed by atoms with E-state index in [1.165, 1.54) is 0 Å². The molecule has 3 nitrogen and oxygen atoms in total. The largest absolute Gasteiger partial charge is 0.450 e. The van der Waals surface area contributed by atoms with E-state index < -0.39 is 6.29 Å². The Bertz CT molecular complexity index is 673. The molecule has 0 aromatic heterocycles. The highest BCUT2D eigenvalue weighted by Crippen LogP contribution is 2.46. The molecule has 0 aliphatic carbocycles. The zero-order valence-corrected chi connectivity index (χ0v) is 12.3. The zero-order valence-electron chi connectivity index (χ0n) is 10.8. The number of benzene rings is 2. The van der Waals surface area contributed by atoms with Crippen molar-refractivity contribution in [2.75, 3.05) is 6.54 Å². The van der Waals surface area contributed by atoms with Crippen molar-refractivity contribution in [3.05, 3.63) is 45.9 Å². The Morgan fingerprint density at radius 1 is 1.05 bits per heavy atom. The molecule has 0 spiro atoms. The van der Waals surface area contributed by atoms with Crippen LogP contribution in [0.5, 0.6) is 11.5 Å². The van der Waals surface area contributed by atoms with Crippen LogP contribution in [0.1, 0.15) is 5.56 Å². The van der Waals surface area contributed by atoms with Crippen LogP contribution in [-0.4, -0.2) is 12.8 Å². The molecule has 0 radical (unpaired) electrons. The van der Waals surface area contributed by atoms with E-state index in [4.69, 9.17) is 38.4 Å². The molecule has 0 saturated heterocycles. The number of aryl methyl sites for hydroxylation is 1. The standard InChI is InChI=1S/C15H13Cl2NO2/c1-8-4-9(16)2-3-11(8)12-5-10(17)6-13-15(12)20-14(7-18)19-13/h2-6,14H,7,18H2,1H3. The van der Waals surface area contributed by atoms with E-state index in [9.17, 15) is 0 Å². The van der Waals surface area contributed by atoms with Gasteiger partial charge in [0.05, 0.1) is 6.54 Å². The molecule has 1 atom stereocenters. The number of hydrogen-bond donors (Lipinski definition) is 1. The Hall–Kier alpha value is -1.42. The van der Waals surface area contributed by atoms with E-state index in [1.807, 2.05) is 31.2 Å². The average Bonchev–Trinajstić information content (AvgIpc) is 2.81. The van der Waals surface area contributed by atoms with Crippen molar-refractivity contribution in [3.8, 4) is 22.6 Å². The Kier molecular flexibility index (Phi) is 3.50. The zero-order chi connectivity index (χ0) is 14.3. The van der Waals surface area contributed by atoms with Crippen molar-refractivity contribution >= 4 is 23.2 Å². The van der Waals surface area contributed by atoms with Gasteiger partial charge in [-0.3, -0.25) is 0 Å². The molecule has 0 fully saturated rings. The van der Waals surface area contributed by atoms with Gasteiger partial charge < -0.3 is 15.2 Å². The summed E-state index contributed by atoms with van der Waals surface area (Å²) in [7, 11) is 0. The summed E-state index contributed by atoms with van der Waals surface area (Å²) in [6, 6.07) is 9.29. The van der Waals surface area contributed by atoms with Gasteiger partial charge in [0.1, 0.15) is 0 Å². The number of ether oxygens (including phenoxy) is 2. The lowest BCUT2D eigenvalue weighted by Crippen LogP contribution is -2.28. The number of rotatable bonds is 2. The first-order chi connectivity index (χ1) is 9.58. The summed E-state index contributed by atoms with van der Waals surface area (Å²) in [5.41, 5.74) is 8.53. The fourth-order valence-corrected chi connectivity index (χ4v) is 2.74. The van der Waals surface area contributed by atoms with Crippen molar-refractivity contribution in [2.24, 2.45) is 5.73 Å². The highest BCUT2D eigenvalue weighted by molar-refractivity contribution is 6.31. The summed E-state index contributed by atoms with van der Waals surface area (Å²) in [5, 5.41) is 1.29. The Labute approximate surface area is 127 Å². The van der Waals surface area contributed by atoms with Gasteiger partial charge >= 0.3 is 0 Å². The first-order valence-electron chi connectivity index (χ1n) is 6.22. The second-order valence-corrected chi connectivity index (χ2v) is 5.51. The van der Waals surface area contributed by atoms with Crippen LogP contribution in [0.3, 0.4) is 0 Å². The van der Waals surface area contributed by atoms with E-state index in [-0.39, 0.29) is 6.54 Å². The molecule has 2 aromatic rings. The fourth-order valence-electron chi connectivity index (χ4n) is 2.30. The minimum atomic E-state index is -0.463. The molecule has 0 saturated carbocycles. The number of nitrogens with two attached hydrogens (primary N) is 1. The SMILES string of the molecule is Cc1cc(Cl)ccc1-c1cc(Cl)cc2c1OC(CN)O2. The third kappa shape index (κ3) is 2.33. The van der Waals surface area contributed by atoms with E-state index in [2.05, 4.69) is 0 Å². The smallest absolute Gasteiger partial charge is 0.253 e. The predicted octanol–water partition coefficient (Wildman–Crippen LogP) is 4.02. The molecule has 1 heterocycles. The van der Waals surface area contributed by atoms with Crippen molar-refractivity contribution in [3.63, 3.8) is 0 Å². The normalized spacial score (nSPS) is 16.5. The molecular formula is C15H13Cl2NO2. The third-order valence-electron chi connectivity index (χ3n) is 3.20. The first kappa shape index (κ1) is 13.6. The molecule has 3 rings (SSSR count). The molecule has 2 N–H and O–H groups in total. The Morgan fingerprint density at radius 3 is 2.55 bits per heavy atom. The summed E-state index contributed by atoms with van der Waals surface area (Å²) < 4.78 is 11.3. The van der Waals surface area contributed by atoms with Gasteiger partial charge in [-0.1, -0.05) is 29.3 Å². The summed E-state index contributed by atoms with van der Waals surface area (Å²) in [6.45, 7) is 2.27. The van der Waals surface area contributed by atoms with E-state index >= 15 is 0 Å². The lowest BCUT2D eigenvalue weighted by Gasteiger charge is -2.11. The summed E-state index contributed by atoms with van der Waals surface area (Å²) in [4.78, 5) is 0. The van der Waals surface area contributed by atoms with Gasteiger partial charge in [0.2, 0.25) is 0 Å². The van der Waals surface area contributed by atoms with Crippen LogP contribution in [0.15, 0.2) is 30.3 Å². The maximum Gasteiger partial charge on any atom is 0.253 e. The van der Waals surface area contributed by atoms with Crippen LogP contribution in [0, 0.1) is 6.92 Å². The van der Waals surface area contributed by atoms with Crippen LogP contribution >= 0.6 is 23.2 Å². The molecule has 0 amide bonds. The molecule has 2 aromatic carbocycles. The van der Waals surface area contributed by atoms with E-state index in [0.717, 1.165) is 16.7 Å². The Balaban J connectivity index is 2.15. The topological polar surface area (TPSA) is 44.5 Å². The summed E-state index contributed by atoms with van der Waals surface area (Å²) in [5.74, 6) is 1.30. The van der Waals surface area contributed by atoms with E-state index in [0.29, 0.717) is 21.5 Å². The van der Waals surface area contributed by atoms with Crippen LogP contribution in [0.4, 0.5) is 0 Å². The van der Waals surface area contributed by atoms with Crippen molar-refractivity contribution < 1.29 is 9.47 Å². The van der Waals surface area contributed by atoms with Gasteiger partial charge in [-0.05, 0) is 36.2 Å². The van der Waals surface area contributed by atoms with Crippen molar-refractivity contribution in [1.29, 1.82) is 0 Å². The third-order valence-corrected chi connectivity index (χ3v) is 3.65. The number of fused-ring (bicyclic) bond motifs is 1. The van der Waals surface area contributed by atoms with Crippen LogP contribution in [-0.2, 0) is 0 Å². The molecule has 0 bridgehead atoms. The summed E-state index contributed by atoms with van der Waals surface area (Å²) >= 11 is 12.2. The highest BCUT2D eigenvalue weighted by atomic mass is 35.5. The number of hydrogen-bond acceptors (Lipinski definition) is 3. The molecule has 104 valence electrons. The van der Waals surface area contributed by atoms with Gasteiger partial charge in [-0.25, -0.2) is 0 Å². The minimum Gasteiger partial charge on any atom is -0.450 e. The molecule has 20 heavy (non-hydrogen) atoms. The van der Waals surface area contributed by atoms with Crippen molar-refractivity contribution in [2.45, 2.75) is 13.2 Å². The van der Waals surface area contributed by atoms with Crippen LogP contribution in [0.2, 0.25) is 10.0 Å².